The first kappa shape index (κ1) is 35.5. The topological polar surface area (TPSA) is 0 Å². The van der Waals surface area contributed by atoms with E-state index >= 15 is 0 Å². The van der Waals surface area contributed by atoms with E-state index in [1.54, 1.807) is 0 Å². The third kappa shape index (κ3) is 29.7. The van der Waals surface area contributed by atoms with Crippen molar-refractivity contribution in [2.45, 2.75) is 157 Å². The van der Waals surface area contributed by atoms with E-state index in [9.17, 15) is 0 Å². The van der Waals surface area contributed by atoms with E-state index in [1.165, 1.54) is 133 Å². The van der Waals surface area contributed by atoms with Crippen LogP contribution in [-0.2, 0) is 0 Å². The van der Waals surface area contributed by atoms with Crippen molar-refractivity contribution in [1.82, 2.24) is 0 Å². The first-order valence-electron chi connectivity index (χ1n) is 15.1. The largest absolute Gasteiger partial charge is 0.112 e. The van der Waals surface area contributed by atoms with E-state index in [-0.39, 0.29) is 5.53 Å². The highest BCUT2D eigenvalue weighted by atomic mass is 33.4. The molecule has 0 N–H and O–H groups in total. The maximum absolute atomic E-state index is 2.36. The quantitative estimate of drug-likeness (QED) is 0.0737. The molecule has 0 aliphatic heterocycles. The fraction of sp³-hybridized carbons (Fsp3) is 1.00. The van der Waals surface area contributed by atoms with Crippen LogP contribution in [0.3, 0.4) is 0 Å². The lowest BCUT2D eigenvalue weighted by atomic mass is 10.0. The molecule has 206 valence electrons. The summed E-state index contributed by atoms with van der Waals surface area (Å²) in [5.74, 6) is 6.86. The Morgan fingerprint density at radius 3 is 0.853 bits per heavy atom. The Labute approximate surface area is 230 Å². The minimum atomic E-state index is 0.0807. The molecule has 0 amide bonds. The molecule has 0 heterocycles. The molecule has 0 saturated heterocycles. The third-order valence-electron chi connectivity index (χ3n) is 6.37. The molecule has 0 unspecified atom stereocenters. The average molecular weight is 551 g/mol. The van der Waals surface area contributed by atoms with E-state index in [4.69, 9.17) is 0 Å². The second-order valence-corrected chi connectivity index (χ2v) is 21.7. The minimum absolute atomic E-state index is 0.0807. The lowest BCUT2D eigenvalue weighted by molar-refractivity contribution is 0.519. The van der Waals surface area contributed by atoms with Gasteiger partial charge in [0.05, 0.1) is 5.53 Å². The average Bonchev–Trinajstić information content (AvgIpc) is 2.77. The van der Waals surface area contributed by atoms with E-state index in [0.29, 0.717) is 0 Å². The molecule has 0 rings (SSSR count). The van der Waals surface area contributed by atoms with Gasteiger partial charge in [0.15, 0.2) is 0 Å². The van der Waals surface area contributed by atoms with Crippen molar-refractivity contribution < 1.29 is 0 Å². The molecular weight excluding hydrogens is 488 g/mol. The summed E-state index contributed by atoms with van der Waals surface area (Å²) in [4.78, 5) is 0. The molecule has 0 aromatic rings. The lowest BCUT2D eigenvalue weighted by Crippen LogP contribution is -1.88. The zero-order valence-electron chi connectivity index (χ0n) is 24.3. The van der Waals surface area contributed by atoms with Crippen molar-refractivity contribution in [2.75, 3.05) is 17.3 Å². The second kappa shape index (κ2) is 27.5. The molecule has 0 fully saturated rings. The molecule has 0 aromatic heterocycles. The van der Waals surface area contributed by atoms with Gasteiger partial charge in [-0.2, -0.15) is 0 Å². The number of unbranched alkanes of at least 4 members (excludes halogenated alkanes) is 12. The first-order valence-corrected chi connectivity index (χ1v) is 21.2. The smallest absolute Gasteiger partial charge is 0.0729 e. The van der Waals surface area contributed by atoms with Crippen LogP contribution >= 0.6 is 39.7 Å². The number of hydrogen-bond acceptors (Lipinski definition) is 3. The van der Waals surface area contributed by atoms with Crippen LogP contribution in [0.2, 0.25) is 0 Å². The van der Waals surface area contributed by atoms with E-state index < -0.39 is 0 Å². The number of hydrogen-bond donors (Lipinski definition) is 0. The van der Waals surface area contributed by atoms with Gasteiger partial charge >= 0.3 is 0 Å². The fourth-order valence-corrected chi connectivity index (χ4v) is 15.0. The van der Waals surface area contributed by atoms with Crippen LogP contribution in [0.4, 0.5) is 0 Å². The maximum Gasteiger partial charge on any atom is 0.0729 e. The van der Waals surface area contributed by atoms with Gasteiger partial charge in [-0.25, -0.2) is 0 Å². The normalized spacial score (nSPS) is 12.2. The molecule has 0 bridgehead atoms. The Morgan fingerprint density at radius 1 is 0.353 bits per heavy atom. The van der Waals surface area contributed by atoms with Crippen molar-refractivity contribution in [1.29, 1.82) is 0 Å². The van der Waals surface area contributed by atoms with Gasteiger partial charge < -0.3 is 0 Å². The van der Waals surface area contributed by atoms with Crippen LogP contribution in [0.25, 0.3) is 0 Å². The van der Waals surface area contributed by atoms with E-state index in [2.05, 4.69) is 75.7 Å². The standard InChI is InChI=1S/C30H63PS3/c1-28(2)22-16-10-7-13-19-25-32-31(33-26-20-14-8-11-17-23-29(3)4)34-27-21-15-9-12-18-24-30(5)6/h28-30H,7-27H2,1-6H3. The van der Waals surface area contributed by atoms with E-state index in [0.717, 1.165) is 17.8 Å². The van der Waals surface area contributed by atoms with Gasteiger partial charge in [-0.1, -0.05) is 138 Å². The molecule has 0 aromatic carbocycles. The summed E-state index contributed by atoms with van der Waals surface area (Å²) in [6.45, 7) is 14.1. The molecule has 0 nitrogen and oxygen atoms in total. The van der Waals surface area contributed by atoms with Crippen LogP contribution in [0.15, 0.2) is 0 Å². The zero-order chi connectivity index (χ0) is 25.3. The van der Waals surface area contributed by atoms with Gasteiger partial charge in [0.2, 0.25) is 0 Å². The van der Waals surface area contributed by atoms with Gasteiger partial charge in [-0.15, -0.1) is 34.1 Å². The highest BCUT2D eigenvalue weighted by Crippen LogP contribution is 2.70. The molecule has 0 aliphatic carbocycles. The van der Waals surface area contributed by atoms with Crippen molar-refractivity contribution in [3.63, 3.8) is 0 Å². The van der Waals surface area contributed by atoms with Crippen LogP contribution in [0.1, 0.15) is 157 Å². The molecular formula is C30H63PS3. The van der Waals surface area contributed by atoms with Crippen molar-refractivity contribution in [3.05, 3.63) is 0 Å². The number of rotatable bonds is 27. The summed E-state index contributed by atoms with van der Waals surface area (Å²) in [6.07, 6.45) is 26.0. The molecule has 0 spiro atoms. The third-order valence-corrected chi connectivity index (χ3v) is 17.6. The summed E-state index contributed by atoms with van der Waals surface area (Å²) in [7, 11) is 0. The highest BCUT2D eigenvalue weighted by molar-refractivity contribution is 9.12. The summed E-state index contributed by atoms with van der Waals surface area (Å²) >= 11 is 6.99. The van der Waals surface area contributed by atoms with Gasteiger partial charge in [0.1, 0.15) is 0 Å². The Kier molecular flexibility index (Phi) is 28.7. The first-order chi connectivity index (χ1) is 16.4. The Balaban J connectivity index is 3.91. The summed E-state index contributed by atoms with van der Waals surface area (Å²) < 4.78 is 0. The zero-order valence-corrected chi connectivity index (χ0v) is 27.6. The maximum atomic E-state index is 2.36. The Bertz CT molecular complexity index is 330. The lowest BCUT2D eigenvalue weighted by Gasteiger charge is -2.16. The van der Waals surface area contributed by atoms with Crippen molar-refractivity contribution in [3.8, 4) is 0 Å². The Hall–Kier alpha value is 1.48. The highest BCUT2D eigenvalue weighted by Gasteiger charge is 2.10. The van der Waals surface area contributed by atoms with Crippen molar-refractivity contribution in [2.24, 2.45) is 17.8 Å². The molecule has 0 saturated carbocycles. The summed E-state index contributed by atoms with van der Waals surface area (Å²) in [6, 6.07) is 0. The van der Waals surface area contributed by atoms with Gasteiger partial charge in [0.25, 0.3) is 0 Å². The summed E-state index contributed by atoms with van der Waals surface area (Å²) in [5.41, 5.74) is 0.0807. The van der Waals surface area contributed by atoms with Crippen LogP contribution < -0.4 is 0 Å². The predicted molar refractivity (Wildman–Crippen MR) is 172 cm³/mol. The minimum Gasteiger partial charge on any atom is -0.112 e. The van der Waals surface area contributed by atoms with Gasteiger partial charge in [-0.05, 0) is 54.3 Å². The SMILES string of the molecule is CC(C)CCCCCCCSP(SCCCCCCCC(C)C)SCCCCCCCC(C)C. The van der Waals surface area contributed by atoms with E-state index in [1.807, 2.05) is 0 Å². The van der Waals surface area contributed by atoms with Gasteiger partial charge in [-0.3, -0.25) is 0 Å². The molecule has 0 radical (unpaired) electrons. The second-order valence-electron chi connectivity index (χ2n) is 11.6. The fourth-order valence-electron chi connectivity index (χ4n) is 4.08. The van der Waals surface area contributed by atoms with Crippen LogP contribution in [-0.4, -0.2) is 17.3 Å². The molecule has 0 aliphatic rings. The van der Waals surface area contributed by atoms with Crippen LogP contribution in [0.5, 0.6) is 0 Å². The predicted octanol–water partition coefficient (Wildman–Crippen LogP) is 13.4. The van der Waals surface area contributed by atoms with Gasteiger partial charge in [0, 0.05) is 0 Å². The van der Waals surface area contributed by atoms with Crippen LogP contribution in [0, 0.1) is 17.8 Å². The molecule has 0 atom stereocenters. The summed E-state index contributed by atoms with van der Waals surface area (Å²) in [5, 5.41) is 0. The van der Waals surface area contributed by atoms with Crippen molar-refractivity contribution >= 4 is 39.7 Å². The molecule has 34 heavy (non-hydrogen) atoms. The monoisotopic (exact) mass is 550 g/mol. The molecule has 4 heteroatoms. The Morgan fingerprint density at radius 2 is 0.588 bits per heavy atom.